The minimum absolute atomic E-state index is 0.681. The van der Waals surface area contributed by atoms with E-state index in [-0.39, 0.29) is 0 Å². The summed E-state index contributed by atoms with van der Waals surface area (Å²) in [4.78, 5) is 16.1. The van der Waals surface area contributed by atoms with Gasteiger partial charge in [-0.25, -0.2) is 15.0 Å². The molecule has 13 aromatic rings. The van der Waals surface area contributed by atoms with E-state index in [4.69, 9.17) is 15.0 Å². The SMILES string of the molecule is c1ccc(-c2cc(-c3cccc(-c4cccc5c4sc4ccccc45)c3)nc(-c3ccc(-c4cccc5c4nc(-c4cccc6ccccc46)c4sc6ccccc6c45)cc3)n2)cc1. The maximum Gasteiger partial charge on any atom is 0.160 e. The van der Waals surface area contributed by atoms with Gasteiger partial charge in [-0.1, -0.05) is 188 Å². The standard InChI is InChI=1S/C59H35N3S2/c1-2-15-38(16-3-1)50-35-51(41-19-10-18-40(34-41)44-24-13-26-47-45-21-6-8-28-52(45)63-57(44)47)61-59(60-50)39-32-30-37(31-33-39)43-23-12-27-49-54-48-22-7-9-29-53(48)64-58(54)56(62-55(43)49)46-25-11-17-36-14-4-5-20-42(36)46/h1-35H. The summed E-state index contributed by atoms with van der Waals surface area (Å²) in [6, 6.07) is 75.9. The first-order chi connectivity index (χ1) is 31.7. The third kappa shape index (κ3) is 6.04. The maximum atomic E-state index is 5.61. The van der Waals surface area contributed by atoms with E-state index in [1.165, 1.54) is 62.2 Å². The summed E-state index contributed by atoms with van der Waals surface area (Å²) in [5.41, 5.74) is 12.5. The number of aromatic nitrogens is 3. The minimum atomic E-state index is 0.681. The lowest BCUT2D eigenvalue weighted by molar-refractivity contribution is 1.18. The fraction of sp³-hybridized carbons (Fsp3) is 0. The number of hydrogen-bond acceptors (Lipinski definition) is 5. The monoisotopic (exact) mass is 849 g/mol. The molecule has 0 atom stereocenters. The highest BCUT2D eigenvalue weighted by Gasteiger charge is 2.20. The molecule has 0 amide bonds. The van der Waals surface area contributed by atoms with Gasteiger partial charge in [0.25, 0.3) is 0 Å². The van der Waals surface area contributed by atoms with Crippen LogP contribution in [-0.4, -0.2) is 15.0 Å². The summed E-state index contributed by atoms with van der Waals surface area (Å²) < 4.78 is 5.08. The van der Waals surface area contributed by atoms with Crippen molar-refractivity contribution in [3.05, 3.63) is 212 Å². The molecule has 0 saturated heterocycles. The van der Waals surface area contributed by atoms with Crippen LogP contribution in [0.1, 0.15) is 0 Å². The molecule has 4 aromatic heterocycles. The molecule has 0 aliphatic rings. The van der Waals surface area contributed by atoms with Gasteiger partial charge in [-0.15, -0.1) is 22.7 Å². The van der Waals surface area contributed by atoms with Crippen molar-refractivity contribution in [1.29, 1.82) is 0 Å². The van der Waals surface area contributed by atoms with Crippen molar-refractivity contribution in [2.24, 2.45) is 0 Å². The van der Waals surface area contributed by atoms with Crippen LogP contribution in [0.4, 0.5) is 0 Å². The van der Waals surface area contributed by atoms with Gasteiger partial charge in [0.2, 0.25) is 0 Å². The smallest absolute Gasteiger partial charge is 0.160 e. The van der Waals surface area contributed by atoms with Crippen molar-refractivity contribution >= 4 is 84.7 Å². The molecule has 9 aromatic carbocycles. The second-order valence-corrected chi connectivity index (χ2v) is 18.4. The first-order valence-corrected chi connectivity index (χ1v) is 23.1. The highest BCUT2D eigenvalue weighted by molar-refractivity contribution is 7.26. The molecule has 0 N–H and O–H groups in total. The molecule has 64 heavy (non-hydrogen) atoms. The Hall–Kier alpha value is -7.83. The minimum Gasteiger partial charge on any atom is -0.246 e. The Kier molecular flexibility index (Phi) is 8.58. The lowest BCUT2D eigenvalue weighted by atomic mass is 9.95. The second kappa shape index (κ2) is 14.9. The Bertz CT molecular complexity index is 3950. The molecule has 0 bridgehead atoms. The molecular formula is C59H35N3S2. The molecule has 3 nitrogen and oxygen atoms in total. The largest absolute Gasteiger partial charge is 0.246 e. The summed E-state index contributed by atoms with van der Waals surface area (Å²) in [5.74, 6) is 0.681. The van der Waals surface area contributed by atoms with Crippen LogP contribution in [0.3, 0.4) is 0 Å². The van der Waals surface area contributed by atoms with E-state index in [0.717, 1.165) is 61.4 Å². The van der Waals surface area contributed by atoms with E-state index in [0.29, 0.717) is 5.82 Å². The van der Waals surface area contributed by atoms with Crippen LogP contribution >= 0.6 is 22.7 Å². The number of thiophene rings is 2. The van der Waals surface area contributed by atoms with Crippen molar-refractivity contribution in [3.63, 3.8) is 0 Å². The zero-order valence-corrected chi connectivity index (χ0v) is 36.0. The summed E-state index contributed by atoms with van der Waals surface area (Å²) in [7, 11) is 0. The number of fused-ring (bicyclic) bond motifs is 9. The van der Waals surface area contributed by atoms with Gasteiger partial charge in [-0.3, -0.25) is 0 Å². The maximum absolute atomic E-state index is 5.61. The van der Waals surface area contributed by atoms with Gasteiger partial charge in [0, 0.05) is 68.8 Å². The van der Waals surface area contributed by atoms with Crippen LogP contribution in [-0.2, 0) is 0 Å². The lowest BCUT2D eigenvalue weighted by Crippen LogP contribution is -1.96. The molecule has 0 saturated carbocycles. The van der Waals surface area contributed by atoms with Crippen molar-refractivity contribution in [2.45, 2.75) is 0 Å². The van der Waals surface area contributed by atoms with E-state index in [1.807, 2.05) is 28.7 Å². The predicted molar refractivity (Wildman–Crippen MR) is 273 cm³/mol. The Balaban J connectivity index is 0.944. The van der Waals surface area contributed by atoms with Gasteiger partial charge < -0.3 is 0 Å². The first kappa shape index (κ1) is 36.8. The average Bonchev–Trinajstić information content (AvgIpc) is 3.96. The zero-order chi connectivity index (χ0) is 42.1. The second-order valence-electron chi connectivity index (χ2n) is 16.3. The van der Waals surface area contributed by atoms with Crippen molar-refractivity contribution in [2.75, 3.05) is 0 Å². The fourth-order valence-corrected chi connectivity index (χ4v) is 11.9. The zero-order valence-electron chi connectivity index (χ0n) is 34.4. The Morgan fingerprint density at radius 3 is 1.72 bits per heavy atom. The average molecular weight is 850 g/mol. The van der Waals surface area contributed by atoms with Crippen LogP contribution < -0.4 is 0 Å². The third-order valence-corrected chi connectivity index (χ3v) is 14.9. The topological polar surface area (TPSA) is 38.7 Å². The highest BCUT2D eigenvalue weighted by atomic mass is 32.1. The fourth-order valence-electron chi connectivity index (χ4n) is 9.46. The third-order valence-electron chi connectivity index (χ3n) is 12.5. The predicted octanol–water partition coefficient (Wildman–Crippen LogP) is 16.9. The van der Waals surface area contributed by atoms with Gasteiger partial charge >= 0.3 is 0 Å². The van der Waals surface area contributed by atoms with Crippen LogP contribution in [0.2, 0.25) is 0 Å². The number of nitrogens with zero attached hydrogens (tertiary/aromatic N) is 3. The number of benzene rings is 9. The van der Waals surface area contributed by atoms with E-state index >= 15 is 0 Å². The van der Waals surface area contributed by atoms with Crippen LogP contribution in [0.25, 0.3) is 129 Å². The molecule has 0 spiro atoms. The molecule has 0 radical (unpaired) electrons. The number of pyridine rings is 1. The molecule has 4 heterocycles. The lowest BCUT2D eigenvalue weighted by Gasteiger charge is -2.13. The van der Waals surface area contributed by atoms with Gasteiger partial charge in [0.05, 0.1) is 27.3 Å². The molecule has 0 fully saturated rings. The first-order valence-electron chi connectivity index (χ1n) is 21.5. The van der Waals surface area contributed by atoms with Gasteiger partial charge in [0.1, 0.15) is 0 Å². The van der Waals surface area contributed by atoms with Crippen LogP contribution in [0, 0.1) is 0 Å². The van der Waals surface area contributed by atoms with Gasteiger partial charge in [-0.2, -0.15) is 0 Å². The van der Waals surface area contributed by atoms with Crippen molar-refractivity contribution in [3.8, 4) is 67.4 Å². The van der Waals surface area contributed by atoms with E-state index in [9.17, 15) is 0 Å². The summed E-state index contributed by atoms with van der Waals surface area (Å²) >= 11 is 3.69. The van der Waals surface area contributed by atoms with Crippen LogP contribution in [0.15, 0.2) is 212 Å². The molecular weight excluding hydrogens is 815 g/mol. The summed E-state index contributed by atoms with van der Waals surface area (Å²) in [6.07, 6.45) is 0. The van der Waals surface area contributed by atoms with E-state index in [2.05, 4.69) is 206 Å². The Morgan fingerprint density at radius 2 is 0.875 bits per heavy atom. The van der Waals surface area contributed by atoms with Crippen molar-refractivity contribution < 1.29 is 0 Å². The molecule has 0 aliphatic carbocycles. The highest BCUT2D eigenvalue weighted by Crippen LogP contribution is 2.46. The number of rotatable bonds is 6. The Morgan fingerprint density at radius 1 is 0.312 bits per heavy atom. The van der Waals surface area contributed by atoms with Gasteiger partial charge in [-0.05, 0) is 51.7 Å². The molecule has 298 valence electrons. The normalized spacial score (nSPS) is 11.8. The Labute approximate surface area is 377 Å². The van der Waals surface area contributed by atoms with Crippen molar-refractivity contribution in [1.82, 2.24) is 15.0 Å². The number of para-hydroxylation sites is 1. The van der Waals surface area contributed by atoms with E-state index in [1.54, 1.807) is 0 Å². The molecule has 5 heteroatoms. The molecule has 0 unspecified atom stereocenters. The number of hydrogen-bond donors (Lipinski definition) is 0. The molecule has 0 aliphatic heterocycles. The van der Waals surface area contributed by atoms with E-state index < -0.39 is 0 Å². The quantitative estimate of drug-likeness (QED) is 0.167. The molecule has 13 rings (SSSR count). The van der Waals surface area contributed by atoms with Crippen LogP contribution in [0.5, 0.6) is 0 Å². The summed E-state index contributed by atoms with van der Waals surface area (Å²) in [5, 5.41) is 8.69. The van der Waals surface area contributed by atoms with Gasteiger partial charge in [0.15, 0.2) is 5.82 Å². The summed E-state index contributed by atoms with van der Waals surface area (Å²) in [6.45, 7) is 0.